The van der Waals surface area contributed by atoms with Gasteiger partial charge in [-0.1, -0.05) is 20.3 Å². The molecular weight excluding hydrogens is 262 g/mol. The first-order valence-electron chi connectivity index (χ1n) is 8.39. The third kappa shape index (κ3) is 4.63. The van der Waals surface area contributed by atoms with Gasteiger partial charge in [-0.15, -0.1) is 0 Å². The van der Waals surface area contributed by atoms with Crippen LogP contribution >= 0.6 is 0 Å². The van der Waals surface area contributed by atoms with E-state index in [1.807, 2.05) is 31.2 Å². The van der Waals surface area contributed by atoms with Crippen LogP contribution in [0, 0.1) is 5.92 Å². The normalized spacial score (nSPS) is 25.6. The van der Waals surface area contributed by atoms with Gasteiger partial charge in [0.15, 0.2) is 0 Å². The van der Waals surface area contributed by atoms with Crippen LogP contribution in [-0.2, 0) is 0 Å². The average molecular weight is 291 g/mol. The van der Waals surface area contributed by atoms with Crippen LogP contribution in [0.5, 0.6) is 11.5 Å². The second-order valence-electron chi connectivity index (χ2n) is 5.81. The Balaban J connectivity index is 1.99. The Morgan fingerprint density at radius 2 is 1.76 bits per heavy atom. The summed E-state index contributed by atoms with van der Waals surface area (Å²) < 4.78 is 11.7. The molecule has 0 saturated heterocycles. The molecule has 118 valence electrons. The van der Waals surface area contributed by atoms with Crippen molar-refractivity contribution in [2.45, 2.75) is 58.6 Å². The van der Waals surface area contributed by atoms with E-state index in [1.165, 1.54) is 19.3 Å². The van der Waals surface area contributed by atoms with Crippen LogP contribution in [0.25, 0.3) is 0 Å². The first-order chi connectivity index (χ1) is 10.3. The average Bonchev–Trinajstić information content (AvgIpc) is 2.51. The molecule has 2 rings (SSSR count). The van der Waals surface area contributed by atoms with Crippen LogP contribution < -0.4 is 14.8 Å². The molecular formula is C18H29NO2. The molecule has 0 aliphatic heterocycles. The molecule has 1 saturated carbocycles. The molecule has 1 aliphatic carbocycles. The number of benzene rings is 1. The minimum Gasteiger partial charge on any atom is -0.494 e. The van der Waals surface area contributed by atoms with Crippen molar-refractivity contribution in [3.63, 3.8) is 0 Å². The maximum absolute atomic E-state index is 6.27. The summed E-state index contributed by atoms with van der Waals surface area (Å²) in [5.41, 5.74) is 0. The first-order valence-corrected chi connectivity index (χ1v) is 8.39. The Kier molecular flexibility index (Phi) is 6.37. The van der Waals surface area contributed by atoms with Crippen LogP contribution in [0.15, 0.2) is 24.3 Å². The van der Waals surface area contributed by atoms with E-state index in [1.54, 1.807) is 0 Å². The smallest absolute Gasteiger partial charge is 0.120 e. The maximum atomic E-state index is 6.27. The van der Waals surface area contributed by atoms with Gasteiger partial charge < -0.3 is 14.8 Å². The highest BCUT2D eigenvalue weighted by Gasteiger charge is 2.30. The molecule has 0 aromatic heterocycles. The topological polar surface area (TPSA) is 30.5 Å². The fraction of sp³-hybridized carbons (Fsp3) is 0.667. The zero-order valence-corrected chi connectivity index (χ0v) is 13.6. The molecule has 21 heavy (non-hydrogen) atoms. The fourth-order valence-corrected chi connectivity index (χ4v) is 3.16. The summed E-state index contributed by atoms with van der Waals surface area (Å²) >= 11 is 0. The van der Waals surface area contributed by atoms with Gasteiger partial charge >= 0.3 is 0 Å². The van der Waals surface area contributed by atoms with Crippen molar-refractivity contribution in [1.29, 1.82) is 0 Å². The Morgan fingerprint density at radius 1 is 1.05 bits per heavy atom. The number of likely N-dealkylation sites (N-methyl/N-ethyl adjacent to an activating group) is 1. The molecule has 0 heterocycles. The predicted molar refractivity (Wildman–Crippen MR) is 87.1 cm³/mol. The van der Waals surface area contributed by atoms with Gasteiger partial charge in [-0.2, -0.15) is 0 Å². The predicted octanol–water partition coefficient (Wildman–Crippen LogP) is 4.02. The highest BCUT2D eigenvalue weighted by molar-refractivity contribution is 5.31. The lowest BCUT2D eigenvalue weighted by atomic mass is 9.82. The molecule has 1 fully saturated rings. The molecule has 1 N–H and O–H groups in total. The number of hydrogen-bond donors (Lipinski definition) is 1. The van der Waals surface area contributed by atoms with Crippen LogP contribution in [0.4, 0.5) is 0 Å². The quantitative estimate of drug-likeness (QED) is 0.823. The lowest BCUT2D eigenvalue weighted by molar-refractivity contribution is 0.0855. The molecule has 3 unspecified atom stereocenters. The molecule has 0 radical (unpaired) electrons. The van der Waals surface area contributed by atoms with E-state index >= 15 is 0 Å². The second kappa shape index (κ2) is 8.28. The van der Waals surface area contributed by atoms with Crippen LogP contribution in [-0.4, -0.2) is 25.3 Å². The summed E-state index contributed by atoms with van der Waals surface area (Å²) in [5.74, 6) is 2.65. The van der Waals surface area contributed by atoms with Crippen molar-refractivity contribution in [3.05, 3.63) is 24.3 Å². The van der Waals surface area contributed by atoms with E-state index in [-0.39, 0.29) is 6.10 Å². The highest BCUT2D eigenvalue weighted by atomic mass is 16.5. The number of nitrogens with one attached hydrogen (secondary N) is 1. The van der Waals surface area contributed by atoms with Crippen molar-refractivity contribution in [1.82, 2.24) is 5.32 Å². The van der Waals surface area contributed by atoms with Gasteiger partial charge in [-0.05, 0) is 62.9 Å². The van der Waals surface area contributed by atoms with Crippen molar-refractivity contribution < 1.29 is 9.47 Å². The van der Waals surface area contributed by atoms with Crippen molar-refractivity contribution in [3.8, 4) is 11.5 Å². The van der Waals surface area contributed by atoms with E-state index in [4.69, 9.17) is 9.47 Å². The lowest BCUT2D eigenvalue weighted by Gasteiger charge is -2.36. The monoisotopic (exact) mass is 291 g/mol. The molecule has 1 aromatic carbocycles. The highest BCUT2D eigenvalue weighted by Crippen LogP contribution is 2.30. The molecule has 1 aromatic rings. The molecule has 0 spiro atoms. The van der Waals surface area contributed by atoms with Crippen LogP contribution in [0.3, 0.4) is 0 Å². The van der Waals surface area contributed by atoms with Gasteiger partial charge in [-0.25, -0.2) is 0 Å². The molecule has 3 nitrogen and oxygen atoms in total. The Labute approximate surface area is 129 Å². The molecule has 3 atom stereocenters. The number of hydrogen-bond acceptors (Lipinski definition) is 3. The van der Waals surface area contributed by atoms with Gasteiger partial charge in [0.05, 0.1) is 6.61 Å². The van der Waals surface area contributed by atoms with Gasteiger partial charge in [0.25, 0.3) is 0 Å². The largest absolute Gasteiger partial charge is 0.494 e. The minimum absolute atomic E-state index is 0.279. The molecule has 0 bridgehead atoms. The van der Waals surface area contributed by atoms with Crippen molar-refractivity contribution in [2.75, 3.05) is 13.2 Å². The first kappa shape index (κ1) is 16.2. The van der Waals surface area contributed by atoms with Gasteiger partial charge in [0.2, 0.25) is 0 Å². The summed E-state index contributed by atoms with van der Waals surface area (Å²) in [5, 5.41) is 3.58. The van der Waals surface area contributed by atoms with Crippen LogP contribution in [0.2, 0.25) is 0 Å². The number of rotatable bonds is 7. The van der Waals surface area contributed by atoms with E-state index in [0.717, 1.165) is 30.4 Å². The third-order valence-corrected chi connectivity index (χ3v) is 4.37. The SMILES string of the molecule is CCNC1CCC(CC)CC1Oc1ccc(OCC)cc1. The van der Waals surface area contributed by atoms with Gasteiger partial charge in [0, 0.05) is 6.04 Å². The summed E-state index contributed by atoms with van der Waals surface area (Å²) in [7, 11) is 0. The molecule has 0 amide bonds. The molecule has 3 heteroatoms. The van der Waals surface area contributed by atoms with Crippen molar-refractivity contribution >= 4 is 0 Å². The zero-order chi connectivity index (χ0) is 15.1. The summed E-state index contributed by atoms with van der Waals surface area (Å²) in [4.78, 5) is 0. The van der Waals surface area contributed by atoms with Gasteiger partial charge in [0.1, 0.15) is 17.6 Å². The summed E-state index contributed by atoms with van der Waals surface area (Å²) in [6, 6.07) is 8.49. The zero-order valence-electron chi connectivity index (χ0n) is 13.6. The van der Waals surface area contributed by atoms with Crippen molar-refractivity contribution in [2.24, 2.45) is 5.92 Å². The lowest BCUT2D eigenvalue weighted by Crippen LogP contribution is -2.47. The Hall–Kier alpha value is -1.22. The second-order valence-corrected chi connectivity index (χ2v) is 5.81. The molecule has 1 aliphatic rings. The standard InChI is InChI=1S/C18H29NO2/c1-4-14-7-12-17(19-5-2)18(13-14)21-16-10-8-15(9-11-16)20-6-3/h8-11,14,17-19H,4-7,12-13H2,1-3H3. The van der Waals surface area contributed by atoms with E-state index in [0.29, 0.717) is 12.6 Å². The number of ether oxygens (including phenoxy) is 2. The Morgan fingerprint density at radius 3 is 2.38 bits per heavy atom. The van der Waals surface area contributed by atoms with Crippen LogP contribution in [0.1, 0.15) is 46.5 Å². The Bertz CT molecular complexity index is 404. The van der Waals surface area contributed by atoms with E-state index in [2.05, 4.69) is 19.2 Å². The van der Waals surface area contributed by atoms with Gasteiger partial charge in [-0.3, -0.25) is 0 Å². The third-order valence-electron chi connectivity index (χ3n) is 4.37. The minimum atomic E-state index is 0.279. The van der Waals surface area contributed by atoms with E-state index in [9.17, 15) is 0 Å². The summed E-state index contributed by atoms with van der Waals surface area (Å²) in [6.45, 7) is 8.15. The summed E-state index contributed by atoms with van der Waals surface area (Å²) in [6.07, 6.45) is 5.22. The van der Waals surface area contributed by atoms with E-state index < -0.39 is 0 Å². The fourth-order valence-electron chi connectivity index (χ4n) is 3.16. The maximum Gasteiger partial charge on any atom is 0.120 e.